The van der Waals surface area contributed by atoms with E-state index < -0.39 is 0 Å². The third kappa shape index (κ3) is 1.39. The highest BCUT2D eigenvalue weighted by Crippen LogP contribution is 2.13. The van der Waals surface area contributed by atoms with Crippen molar-refractivity contribution in [2.75, 3.05) is 0 Å². The largest absolute Gasteiger partial charge is 0.296 e. The number of aldehydes is 1. The SMILES string of the molecule is Cn1nccc1-c1ccc(C=O)nn1. The summed E-state index contributed by atoms with van der Waals surface area (Å²) in [4.78, 5) is 10.4. The van der Waals surface area contributed by atoms with E-state index in [1.807, 2.05) is 13.1 Å². The van der Waals surface area contributed by atoms with E-state index in [1.54, 1.807) is 23.0 Å². The lowest BCUT2D eigenvalue weighted by molar-refractivity contribution is 0.111. The maximum absolute atomic E-state index is 10.4. The van der Waals surface area contributed by atoms with Crippen LogP contribution in [0.2, 0.25) is 0 Å². The Morgan fingerprint density at radius 1 is 1.29 bits per heavy atom. The van der Waals surface area contributed by atoms with Crippen molar-refractivity contribution in [1.29, 1.82) is 0 Å². The Hall–Kier alpha value is -2.04. The molecule has 70 valence electrons. The van der Waals surface area contributed by atoms with Crippen molar-refractivity contribution in [2.45, 2.75) is 0 Å². The summed E-state index contributed by atoms with van der Waals surface area (Å²) in [6, 6.07) is 5.21. The molecule has 2 rings (SSSR count). The van der Waals surface area contributed by atoms with Gasteiger partial charge >= 0.3 is 0 Å². The van der Waals surface area contributed by atoms with Gasteiger partial charge in [0.05, 0.1) is 5.69 Å². The van der Waals surface area contributed by atoms with E-state index in [4.69, 9.17) is 0 Å². The number of hydrogen-bond donors (Lipinski definition) is 0. The molecule has 0 N–H and O–H groups in total. The maximum Gasteiger partial charge on any atom is 0.170 e. The zero-order chi connectivity index (χ0) is 9.97. The first kappa shape index (κ1) is 8.55. The molecule has 0 amide bonds. The minimum Gasteiger partial charge on any atom is -0.296 e. The lowest BCUT2D eigenvalue weighted by Crippen LogP contribution is -1.97. The van der Waals surface area contributed by atoms with E-state index in [0.717, 1.165) is 5.69 Å². The fourth-order valence-corrected chi connectivity index (χ4v) is 1.17. The van der Waals surface area contributed by atoms with E-state index >= 15 is 0 Å². The molecule has 0 saturated heterocycles. The number of hydrogen-bond acceptors (Lipinski definition) is 4. The van der Waals surface area contributed by atoms with E-state index in [2.05, 4.69) is 15.3 Å². The Labute approximate surface area is 80.4 Å². The fraction of sp³-hybridized carbons (Fsp3) is 0.111. The molecular formula is C9H8N4O. The molecule has 14 heavy (non-hydrogen) atoms. The van der Waals surface area contributed by atoms with Gasteiger partial charge in [-0.05, 0) is 18.2 Å². The van der Waals surface area contributed by atoms with Crippen molar-refractivity contribution in [3.63, 3.8) is 0 Å². The molecule has 0 atom stereocenters. The van der Waals surface area contributed by atoms with Crippen LogP contribution in [0.4, 0.5) is 0 Å². The van der Waals surface area contributed by atoms with Crippen molar-refractivity contribution in [3.05, 3.63) is 30.1 Å². The van der Waals surface area contributed by atoms with Gasteiger partial charge in [-0.1, -0.05) is 0 Å². The van der Waals surface area contributed by atoms with Gasteiger partial charge in [-0.25, -0.2) is 0 Å². The monoisotopic (exact) mass is 188 g/mol. The van der Waals surface area contributed by atoms with Crippen LogP contribution in [0.1, 0.15) is 10.5 Å². The molecule has 0 aromatic carbocycles. The van der Waals surface area contributed by atoms with Gasteiger partial charge in [-0.15, -0.1) is 10.2 Å². The lowest BCUT2D eigenvalue weighted by atomic mass is 10.3. The molecule has 0 bridgehead atoms. The van der Waals surface area contributed by atoms with Crippen molar-refractivity contribution < 1.29 is 4.79 Å². The summed E-state index contributed by atoms with van der Waals surface area (Å²) in [7, 11) is 1.82. The van der Waals surface area contributed by atoms with Gasteiger partial charge in [-0.2, -0.15) is 5.10 Å². The normalized spacial score (nSPS) is 10.1. The van der Waals surface area contributed by atoms with Crippen LogP contribution in [0.5, 0.6) is 0 Å². The zero-order valence-corrected chi connectivity index (χ0v) is 7.58. The summed E-state index contributed by atoms with van der Waals surface area (Å²) in [6.07, 6.45) is 2.35. The molecule has 0 aliphatic heterocycles. The van der Waals surface area contributed by atoms with Crippen LogP contribution in [0, 0.1) is 0 Å². The molecule has 0 aliphatic carbocycles. The minimum absolute atomic E-state index is 0.330. The van der Waals surface area contributed by atoms with Crippen molar-refractivity contribution >= 4 is 6.29 Å². The van der Waals surface area contributed by atoms with Crippen LogP contribution in [0.3, 0.4) is 0 Å². The Morgan fingerprint density at radius 3 is 2.64 bits per heavy atom. The van der Waals surface area contributed by atoms with E-state index in [1.165, 1.54) is 0 Å². The Balaban J connectivity index is 2.43. The summed E-state index contributed by atoms with van der Waals surface area (Å²) < 4.78 is 1.70. The van der Waals surface area contributed by atoms with Crippen LogP contribution < -0.4 is 0 Å². The molecule has 2 aromatic rings. The highest BCUT2D eigenvalue weighted by atomic mass is 16.1. The zero-order valence-electron chi connectivity index (χ0n) is 7.58. The third-order valence-electron chi connectivity index (χ3n) is 1.89. The highest BCUT2D eigenvalue weighted by Gasteiger charge is 2.03. The predicted molar refractivity (Wildman–Crippen MR) is 49.6 cm³/mol. The van der Waals surface area contributed by atoms with Gasteiger partial charge in [0.1, 0.15) is 11.4 Å². The lowest BCUT2D eigenvalue weighted by Gasteiger charge is -1.99. The quantitative estimate of drug-likeness (QED) is 0.650. The van der Waals surface area contributed by atoms with Crippen molar-refractivity contribution in [1.82, 2.24) is 20.0 Å². The molecule has 0 aliphatic rings. The first-order valence-corrected chi connectivity index (χ1v) is 4.08. The summed E-state index contributed by atoms with van der Waals surface area (Å²) >= 11 is 0. The molecular weight excluding hydrogens is 180 g/mol. The summed E-state index contributed by atoms with van der Waals surface area (Å²) in [5, 5.41) is 11.7. The highest BCUT2D eigenvalue weighted by molar-refractivity contribution is 5.71. The molecule has 5 heteroatoms. The Bertz CT molecular complexity index is 446. The van der Waals surface area contributed by atoms with Gasteiger partial charge in [0.15, 0.2) is 6.29 Å². The molecule has 0 radical (unpaired) electrons. The minimum atomic E-state index is 0.330. The van der Waals surface area contributed by atoms with Crippen LogP contribution in [-0.4, -0.2) is 26.3 Å². The van der Waals surface area contributed by atoms with E-state index in [9.17, 15) is 4.79 Å². The van der Waals surface area contributed by atoms with Gasteiger partial charge in [0, 0.05) is 13.2 Å². The second kappa shape index (κ2) is 3.37. The van der Waals surface area contributed by atoms with Crippen LogP contribution >= 0.6 is 0 Å². The number of rotatable bonds is 2. The van der Waals surface area contributed by atoms with E-state index in [-0.39, 0.29) is 0 Å². The van der Waals surface area contributed by atoms with Gasteiger partial charge in [0.2, 0.25) is 0 Å². The first-order valence-electron chi connectivity index (χ1n) is 4.08. The first-order chi connectivity index (χ1) is 6.81. The molecule has 0 spiro atoms. The molecule has 2 heterocycles. The number of aryl methyl sites for hydroxylation is 1. The molecule has 5 nitrogen and oxygen atoms in total. The summed E-state index contributed by atoms with van der Waals surface area (Å²) in [5.41, 5.74) is 1.90. The molecule has 2 aromatic heterocycles. The van der Waals surface area contributed by atoms with E-state index in [0.29, 0.717) is 17.7 Å². The smallest absolute Gasteiger partial charge is 0.170 e. The molecule has 0 saturated carbocycles. The summed E-state index contributed by atoms with van der Waals surface area (Å²) in [5.74, 6) is 0. The number of carbonyl (C=O) groups excluding carboxylic acids is 1. The molecule has 0 fully saturated rings. The standard InChI is InChI=1S/C9H8N4O/c1-13-9(4-5-10-13)8-3-2-7(6-14)11-12-8/h2-6H,1H3. The number of nitrogens with zero attached hydrogens (tertiary/aromatic N) is 4. The summed E-state index contributed by atoms with van der Waals surface area (Å²) in [6.45, 7) is 0. The number of carbonyl (C=O) groups is 1. The predicted octanol–water partition coefficient (Wildman–Crippen LogP) is 0.690. The second-order valence-corrected chi connectivity index (χ2v) is 2.80. The van der Waals surface area contributed by atoms with Gasteiger partial charge < -0.3 is 0 Å². The third-order valence-corrected chi connectivity index (χ3v) is 1.89. The van der Waals surface area contributed by atoms with Crippen molar-refractivity contribution in [2.24, 2.45) is 7.05 Å². The van der Waals surface area contributed by atoms with Crippen LogP contribution in [0.15, 0.2) is 24.4 Å². The Morgan fingerprint density at radius 2 is 2.14 bits per heavy atom. The topological polar surface area (TPSA) is 60.7 Å². The molecule has 0 unspecified atom stereocenters. The number of aromatic nitrogens is 4. The van der Waals surface area contributed by atoms with Gasteiger partial charge in [0.25, 0.3) is 0 Å². The van der Waals surface area contributed by atoms with Gasteiger partial charge in [-0.3, -0.25) is 9.48 Å². The van der Waals surface area contributed by atoms with Crippen molar-refractivity contribution in [3.8, 4) is 11.4 Å². The average molecular weight is 188 g/mol. The fourth-order valence-electron chi connectivity index (χ4n) is 1.17. The maximum atomic E-state index is 10.4. The average Bonchev–Trinajstić information content (AvgIpc) is 2.65. The second-order valence-electron chi connectivity index (χ2n) is 2.80. The van der Waals surface area contributed by atoms with Crippen LogP contribution in [-0.2, 0) is 7.05 Å². The Kier molecular flexibility index (Phi) is 2.06. The van der Waals surface area contributed by atoms with Crippen LogP contribution in [0.25, 0.3) is 11.4 Å².